The third kappa shape index (κ3) is 74.2. The van der Waals surface area contributed by atoms with Crippen molar-refractivity contribution < 1.29 is 80.2 Å². The van der Waals surface area contributed by atoms with Crippen LogP contribution in [-0.4, -0.2) is 96.7 Å². The van der Waals surface area contributed by atoms with Crippen molar-refractivity contribution in [3.05, 3.63) is 194 Å². The van der Waals surface area contributed by atoms with Crippen LogP contribution in [0.4, 0.5) is 0 Å². The second kappa shape index (κ2) is 75.1. The summed E-state index contributed by atoms with van der Waals surface area (Å²) in [5.74, 6) is -2.44. The van der Waals surface area contributed by atoms with Gasteiger partial charge in [0.15, 0.2) is 12.2 Å². The molecule has 5 unspecified atom stereocenters. The number of rotatable bonds is 70. The van der Waals surface area contributed by atoms with E-state index in [1.807, 2.05) is 24.3 Å². The molecule has 19 heteroatoms. The molecule has 0 aromatic rings. The Morgan fingerprint density at radius 3 is 0.846 bits per heavy atom. The van der Waals surface area contributed by atoms with Gasteiger partial charge in [0.2, 0.25) is 0 Å². The number of hydrogen-bond acceptors (Lipinski definition) is 15. The van der Waals surface area contributed by atoms with Crippen LogP contribution in [0.3, 0.4) is 0 Å². The number of ether oxygens (including phenoxy) is 4. The number of phosphoric ester groups is 2. The van der Waals surface area contributed by atoms with E-state index in [1.165, 1.54) is 0 Å². The summed E-state index contributed by atoms with van der Waals surface area (Å²) in [5, 5.41) is 10.6. The number of esters is 4. The average molecular weight is 1490 g/mol. The van der Waals surface area contributed by atoms with Crippen LogP contribution in [0.1, 0.15) is 259 Å². The molecule has 0 amide bonds. The Balaban J connectivity index is 5.52. The Morgan fingerprint density at radius 1 is 0.279 bits per heavy atom. The van der Waals surface area contributed by atoms with E-state index in [0.717, 1.165) is 173 Å². The molecule has 0 aliphatic carbocycles. The quantitative estimate of drug-likeness (QED) is 0.0169. The molecule has 0 aromatic heterocycles. The van der Waals surface area contributed by atoms with E-state index < -0.39 is 97.5 Å². The van der Waals surface area contributed by atoms with E-state index in [1.54, 1.807) is 12.2 Å². The van der Waals surface area contributed by atoms with Crippen molar-refractivity contribution in [2.24, 2.45) is 0 Å². The van der Waals surface area contributed by atoms with Crippen molar-refractivity contribution in [1.29, 1.82) is 0 Å². The molecular formula is C85H134O17P2. The molecule has 0 saturated carbocycles. The normalized spacial score (nSPS) is 15.0. The summed E-state index contributed by atoms with van der Waals surface area (Å²) in [6.45, 7) is 4.17. The average Bonchev–Trinajstić information content (AvgIpc) is 0.937. The molecule has 0 aliphatic rings. The first-order valence-electron chi connectivity index (χ1n) is 38.7. The zero-order valence-electron chi connectivity index (χ0n) is 63.9. The standard InChI is InChI=1S/C85H134O17P2/c1-5-9-13-17-21-25-29-33-37-39-43-45-49-53-57-61-65-69-82(87)95-75-80(101-84(89)71-67-63-59-55-51-47-41-35-31-27-23-19-15-11-7-3)77-99-103(91,92)97-73-79(86)74-98-104(93,94)100-78-81(102-85(90)72-68-64-60-56-52-48-42-36-32-28-24-20-16-12-8-4)76-96-83(88)70-66-62-58-54-50-46-44-40-38-34-30-26-22-18-14-10-6-2/h9-16,21-28,33-38,41-43,45,51,53,55,57,63,67,79-81,86H,5-8,17-20,29-32,39-40,44,46-50,52,54,56,58-62,64-66,68-78H2,1-4H3,(H,91,92)(H,93,94)/b13-9-,14-10-,15-11-,16-12-,25-21-,26-22-,27-23-,28-24-,37-33-,38-34-,41-35-,42-36-,45-43-,55-51-,57-53-,67-63-. The molecule has 104 heavy (non-hydrogen) atoms. The molecular weight excluding hydrogens is 1350 g/mol. The van der Waals surface area contributed by atoms with Gasteiger partial charge < -0.3 is 33.8 Å². The first-order valence-corrected chi connectivity index (χ1v) is 41.7. The van der Waals surface area contributed by atoms with Gasteiger partial charge >= 0.3 is 39.5 Å². The predicted molar refractivity (Wildman–Crippen MR) is 426 cm³/mol. The SMILES string of the molecule is CC/C=C\C/C=C\C/C=C\C/C=C\C/C=C\CCCC(=O)OCC(COP(=O)(O)OCC(O)COP(=O)(O)OCC(COC(=O)CCCCCCCCC/C=C\C/C=C\C/C=C\CC)OC(=O)CCCCCCC/C=C\C/C=C\C/C=C\CC)OC(=O)C/C=C\C/C=C\C/C=C\C/C=C\C/C=C\CC. The third-order valence-electron chi connectivity index (χ3n) is 15.1. The lowest BCUT2D eigenvalue weighted by atomic mass is 10.1. The number of carbonyl (C=O) groups excluding carboxylic acids is 4. The smallest absolute Gasteiger partial charge is 0.462 e. The maximum atomic E-state index is 13.1. The van der Waals surface area contributed by atoms with Crippen molar-refractivity contribution in [2.45, 2.75) is 277 Å². The van der Waals surface area contributed by atoms with Crippen molar-refractivity contribution >= 4 is 39.5 Å². The summed E-state index contributed by atoms with van der Waals surface area (Å²) in [6.07, 6.45) is 91.7. The minimum atomic E-state index is -5.02. The molecule has 0 spiro atoms. The zero-order chi connectivity index (χ0) is 76.0. The molecule has 3 N–H and O–H groups in total. The predicted octanol–water partition coefficient (Wildman–Crippen LogP) is 22.5. The molecule has 586 valence electrons. The fourth-order valence-electron chi connectivity index (χ4n) is 9.36. The first kappa shape index (κ1) is 97.9. The minimum Gasteiger partial charge on any atom is -0.462 e. The minimum absolute atomic E-state index is 0.0555. The van der Waals surface area contributed by atoms with E-state index in [0.29, 0.717) is 32.1 Å². The molecule has 0 heterocycles. The maximum Gasteiger partial charge on any atom is 0.472 e. The molecule has 0 radical (unpaired) electrons. The Labute approximate surface area is 627 Å². The van der Waals surface area contributed by atoms with Crippen LogP contribution in [-0.2, 0) is 65.4 Å². The number of phosphoric acid groups is 2. The van der Waals surface area contributed by atoms with Crippen LogP contribution in [0.5, 0.6) is 0 Å². The van der Waals surface area contributed by atoms with Crippen molar-refractivity contribution in [3.8, 4) is 0 Å². The molecule has 17 nitrogen and oxygen atoms in total. The van der Waals surface area contributed by atoms with Crippen LogP contribution in [0.15, 0.2) is 194 Å². The molecule has 0 aromatic carbocycles. The van der Waals surface area contributed by atoms with Gasteiger partial charge in [0.1, 0.15) is 19.3 Å². The molecule has 0 rings (SSSR count). The van der Waals surface area contributed by atoms with Crippen molar-refractivity contribution in [2.75, 3.05) is 39.6 Å². The number of unbranched alkanes of at least 4 members (excludes halogenated alkanes) is 13. The maximum absolute atomic E-state index is 13.1. The number of aliphatic hydroxyl groups excluding tert-OH is 1. The van der Waals surface area contributed by atoms with Crippen LogP contribution >= 0.6 is 15.6 Å². The molecule has 0 bridgehead atoms. The van der Waals surface area contributed by atoms with Gasteiger partial charge in [-0.15, -0.1) is 0 Å². The van der Waals surface area contributed by atoms with Gasteiger partial charge in [0.05, 0.1) is 32.8 Å². The Kier molecular flexibility index (Phi) is 70.7. The van der Waals surface area contributed by atoms with Gasteiger partial charge in [0, 0.05) is 19.3 Å². The highest BCUT2D eigenvalue weighted by Gasteiger charge is 2.30. The largest absolute Gasteiger partial charge is 0.472 e. The summed E-state index contributed by atoms with van der Waals surface area (Å²) in [5.41, 5.74) is 0. The number of hydrogen-bond donors (Lipinski definition) is 3. The summed E-state index contributed by atoms with van der Waals surface area (Å²) in [4.78, 5) is 72.9. The van der Waals surface area contributed by atoms with Crippen molar-refractivity contribution in [3.63, 3.8) is 0 Å². The summed E-state index contributed by atoms with van der Waals surface area (Å²) in [7, 11) is -10.0. The van der Waals surface area contributed by atoms with E-state index in [2.05, 4.69) is 186 Å². The second-order valence-corrected chi connectivity index (χ2v) is 27.7. The van der Waals surface area contributed by atoms with E-state index >= 15 is 0 Å². The van der Waals surface area contributed by atoms with Gasteiger partial charge in [-0.3, -0.25) is 37.3 Å². The summed E-state index contributed by atoms with van der Waals surface area (Å²) in [6, 6.07) is 0. The highest BCUT2D eigenvalue weighted by atomic mass is 31.2. The highest BCUT2D eigenvalue weighted by Crippen LogP contribution is 2.45. The van der Waals surface area contributed by atoms with Gasteiger partial charge in [-0.05, 0) is 154 Å². The second-order valence-electron chi connectivity index (χ2n) is 24.8. The molecule has 5 atom stereocenters. The fraction of sp³-hybridized carbons (Fsp3) is 0.576. The lowest BCUT2D eigenvalue weighted by molar-refractivity contribution is -0.161. The van der Waals surface area contributed by atoms with Gasteiger partial charge in [-0.2, -0.15) is 0 Å². The fourth-order valence-corrected chi connectivity index (χ4v) is 10.9. The zero-order valence-corrected chi connectivity index (χ0v) is 65.6. The van der Waals surface area contributed by atoms with Gasteiger partial charge in [-0.25, -0.2) is 9.13 Å². The number of carbonyl (C=O) groups is 4. The lowest BCUT2D eigenvalue weighted by Crippen LogP contribution is -2.30. The van der Waals surface area contributed by atoms with Crippen LogP contribution < -0.4 is 0 Å². The monoisotopic (exact) mass is 1490 g/mol. The van der Waals surface area contributed by atoms with Gasteiger partial charge in [-0.1, -0.05) is 273 Å². The van der Waals surface area contributed by atoms with E-state index in [9.17, 15) is 43.2 Å². The van der Waals surface area contributed by atoms with E-state index in [4.69, 9.17) is 37.0 Å². The van der Waals surface area contributed by atoms with Crippen LogP contribution in [0, 0.1) is 0 Å². The molecule has 0 aliphatic heterocycles. The summed E-state index contributed by atoms with van der Waals surface area (Å²) >= 11 is 0. The van der Waals surface area contributed by atoms with Crippen LogP contribution in [0.2, 0.25) is 0 Å². The highest BCUT2D eigenvalue weighted by molar-refractivity contribution is 7.47. The number of allylic oxidation sites excluding steroid dienone is 31. The third-order valence-corrected chi connectivity index (χ3v) is 17.0. The Hall–Kier alpha value is -6.10. The number of aliphatic hydroxyl groups is 1. The topological polar surface area (TPSA) is 237 Å². The van der Waals surface area contributed by atoms with Crippen molar-refractivity contribution in [1.82, 2.24) is 0 Å². The Bertz CT molecular complexity index is 2740. The van der Waals surface area contributed by atoms with E-state index in [-0.39, 0.29) is 25.7 Å². The van der Waals surface area contributed by atoms with Gasteiger partial charge in [0.25, 0.3) is 0 Å². The first-order chi connectivity index (χ1) is 50.7. The Morgan fingerprint density at radius 2 is 0.519 bits per heavy atom. The molecule has 0 saturated heterocycles. The molecule has 0 fully saturated rings. The van der Waals surface area contributed by atoms with Crippen LogP contribution in [0.25, 0.3) is 0 Å². The summed E-state index contributed by atoms with van der Waals surface area (Å²) < 4.78 is 68.3. The lowest BCUT2D eigenvalue weighted by Gasteiger charge is -2.21.